The van der Waals surface area contributed by atoms with Gasteiger partial charge in [-0.15, -0.1) is 0 Å². The maximum Gasteiger partial charge on any atom is 0.345 e. The van der Waals surface area contributed by atoms with E-state index in [2.05, 4.69) is 4.90 Å². The summed E-state index contributed by atoms with van der Waals surface area (Å²) in [5, 5.41) is 9.26. The number of piperidine rings is 1. The van der Waals surface area contributed by atoms with Crippen LogP contribution in [0.2, 0.25) is 0 Å². The fourth-order valence-corrected chi connectivity index (χ4v) is 2.50. The van der Waals surface area contributed by atoms with Gasteiger partial charge < -0.3 is 14.7 Å². The summed E-state index contributed by atoms with van der Waals surface area (Å²) >= 11 is 0. The van der Waals surface area contributed by atoms with Crippen molar-refractivity contribution in [1.82, 2.24) is 0 Å². The summed E-state index contributed by atoms with van der Waals surface area (Å²) in [6.45, 7) is 4.95. The van der Waals surface area contributed by atoms with Gasteiger partial charge in [0.2, 0.25) is 0 Å². The molecule has 0 bridgehead atoms. The third-order valence-corrected chi connectivity index (χ3v) is 4.22. The summed E-state index contributed by atoms with van der Waals surface area (Å²) in [5.41, 5.74) is 1.19. The molecule has 0 aromatic heterocycles. The van der Waals surface area contributed by atoms with Crippen molar-refractivity contribution in [2.24, 2.45) is 0 Å². The number of benzene rings is 1. The van der Waals surface area contributed by atoms with E-state index in [1.165, 1.54) is 6.08 Å². The molecule has 1 N–H and O–H groups in total. The van der Waals surface area contributed by atoms with Crippen LogP contribution in [-0.2, 0) is 19.1 Å². The lowest BCUT2D eigenvalue weighted by atomic mass is 10.1. The Kier molecular flexibility index (Phi) is 6.33. The Balaban J connectivity index is 2.13. The van der Waals surface area contributed by atoms with Crippen LogP contribution >= 0.6 is 0 Å². The predicted octanol–water partition coefficient (Wildman–Crippen LogP) is 2.67. The average Bonchev–Trinajstić information content (AvgIpc) is 2.60. The predicted molar refractivity (Wildman–Crippen MR) is 94.4 cm³/mol. The number of aliphatic carboxylic acids is 1. The number of carbonyl (C=O) groups excluding carboxylic acids is 2. The largest absolute Gasteiger partial charge is 0.477 e. The number of esters is 1. The number of anilines is 1. The molecule has 6 nitrogen and oxygen atoms in total. The van der Waals surface area contributed by atoms with Crippen LogP contribution in [0, 0.1) is 0 Å². The average molecular weight is 345 g/mol. The molecule has 1 unspecified atom stereocenters. The highest BCUT2D eigenvalue weighted by Gasteiger charge is 2.21. The molecule has 1 aromatic rings. The lowest BCUT2D eigenvalue weighted by Gasteiger charge is -2.28. The number of hydrogen-bond acceptors (Lipinski definition) is 5. The van der Waals surface area contributed by atoms with Crippen LogP contribution in [0.4, 0.5) is 5.69 Å². The first-order valence-electron chi connectivity index (χ1n) is 8.43. The van der Waals surface area contributed by atoms with Gasteiger partial charge in [0.15, 0.2) is 0 Å². The van der Waals surface area contributed by atoms with Crippen LogP contribution in [0.5, 0.6) is 0 Å². The summed E-state index contributed by atoms with van der Waals surface area (Å²) in [6, 6.07) is 7.23. The second-order valence-corrected chi connectivity index (χ2v) is 6.10. The van der Waals surface area contributed by atoms with Gasteiger partial charge in [0.05, 0.1) is 6.10 Å². The number of rotatable bonds is 6. The van der Waals surface area contributed by atoms with Crippen molar-refractivity contribution in [2.75, 3.05) is 18.0 Å². The number of carboxylic acid groups (broad SMARTS) is 1. The number of carbonyl (C=O) groups is 3. The van der Waals surface area contributed by atoms with Crippen molar-refractivity contribution in [3.05, 3.63) is 35.4 Å². The maximum absolute atomic E-state index is 12.0. The molecule has 2 rings (SSSR count). The van der Waals surface area contributed by atoms with Gasteiger partial charge in [0, 0.05) is 31.6 Å². The van der Waals surface area contributed by atoms with Gasteiger partial charge in [-0.3, -0.25) is 4.79 Å². The molecule has 1 aromatic carbocycles. The van der Waals surface area contributed by atoms with Crippen LogP contribution in [0.25, 0.3) is 6.08 Å². The van der Waals surface area contributed by atoms with E-state index in [-0.39, 0.29) is 11.9 Å². The van der Waals surface area contributed by atoms with Gasteiger partial charge >= 0.3 is 11.9 Å². The molecule has 0 radical (unpaired) electrons. The van der Waals surface area contributed by atoms with Crippen LogP contribution in [-0.4, -0.2) is 42.0 Å². The molecule has 0 aliphatic carbocycles. The first kappa shape index (κ1) is 18.7. The van der Waals surface area contributed by atoms with Crippen LogP contribution in [0.3, 0.4) is 0 Å². The summed E-state index contributed by atoms with van der Waals surface area (Å²) in [4.78, 5) is 36.8. The van der Waals surface area contributed by atoms with E-state index in [1.807, 2.05) is 19.1 Å². The minimum Gasteiger partial charge on any atom is -0.477 e. The quantitative estimate of drug-likeness (QED) is 0.369. The third kappa shape index (κ3) is 5.17. The number of hydrogen-bond donors (Lipinski definition) is 1. The summed E-state index contributed by atoms with van der Waals surface area (Å²) < 4.78 is 5.10. The van der Waals surface area contributed by atoms with Gasteiger partial charge in [-0.1, -0.05) is 19.1 Å². The number of ether oxygens (including phenoxy) is 1. The van der Waals surface area contributed by atoms with Crippen molar-refractivity contribution >= 4 is 29.5 Å². The molecule has 1 aliphatic rings. The van der Waals surface area contributed by atoms with Gasteiger partial charge in [-0.2, -0.15) is 0 Å². The van der Waals surface area contributed by atoms with Crippen molar-refractivity contribution in [3.8, 4) is 0 Å². The molecular weight excluding hydrogens is 322 g/mol. The Morgan fingerprint density at radius 1 is 1.24 bits per heavy atom. The minimum absolute atomic E-state index is 0.279. The Bertz CT molecular complexity index is 668. The van der Waals surface area contributed by atoms with Crippen molar-refractivity contribution in [3.63, 3.8) is 0 Å². The smallest absolute Gasteiger partial charge is 0.345 e. The third-order valence-electron chi connectivity index (χ3n) is 4.22. The Morgan fingerprint density at radius 3 is 2.36 bits per heavy atom. The molecule has 134 valence electrons. The van der Waals surface area contributed by atoms with Crippen molar-refractivity contribution in [2.45, 2.75) is 39.2 Å². The second-order valence-electron chi connectivity index (χ2n) is 6.10. The highest BCUT2D eigenvalue weighted by molar-refractivity contribution is 6.17. The standard InChI is InChI=1S/C19H23NO5/c1-3-13(2)25-19(24)17(18(22)23)12-14-4-6-15(7-5-14)20-10-8-16(21)9-11-20/h4-7,12-13H,3,8-11H2,1-2H3,(H,22,23). The normalized spacial score (nSPS) is 16.5. The summed E-state index contributed by atoms with van der Waals surface area (Å²) in [5.74, 6) is -1.87. The fraction of sp³-hybridized carbons (Fsp3) is 0.421. The number of nitrogens with zero attached hydrogens (tertiary/aromatic N) is 1. The van der Waals surface area contributed by atoms with E-state index in [9.17, 15) is 19.5 Å². The number of Topliss-reactive ketones (excluding diaryl/α,β-unsaturated/α-hetero) is 1. The molecule has 1 fully saturated rings. The lowest BCUT2D eigenvalue weighted by molar-refractivity contribution is -0.147. The molecular formula is C19H23NO5. The first-order valence-corrected chi connectivity index (χ1v) is 8.43. The summed E-state index contributed by atoms with van der Waals surface area (Å²) in [6.07, 6.45) is 2.69. The van der Waals surface area contributed by atoms with Gasteiger partial charge in [0.25, 0.3) is 0 Å². The van der Waals surface area contributed by atoms with Gasteiger partial charge in [-0.05, 0) is 37.1 Å². The number of carboxylic acids is 1. The SMILES string of the molecule is CCC(C)OC(=O)C(=Cc1ccc(N2CCC(=O)CC2)cc1)C(=O)O. The van der Waals surface area contributed by atoms with Gasteiger partial charge in [-0.25, -0.2) is 9.59 Å². The van der Waals surface area contributed by atoms with Crippen molar-refractivity contribution < 1.29 is 24.2 Å². The molecule has 1 heterocycles. The fourth-order valence-electron chi connectivity index (χ4n) is 2.50. The molecule has 6 heteroatoms. The van der Waals surface area contributed by atoms with Crippen LogP contribution in [0.1, 0.15) is 38.7 Å². The molecule has 1 atom stereocenters. The first-order chi connectivity index (χ1) is 11.9. The topological polar surface area (TPSA) is 83.9 Å². The molecule has 0 spiro atoms. The zero-order chi connectivity index (χ0) is 18.4. The van der Waals surface area contributed by atoms with Gasteiger partial charge in [0.1, 0.15) is 11.4 Å². The summed E-state index contributed by atoms with van der Waals surface area (Å²) in [7, 11) is 0. The highest BCUT2D eigenvalue weighted by atomic mass is 16.5. The lowest BCUT2D eigenvalue weighted by Crippen LogP contribution is -2.33. The zero-order valence-corrected chi connectivity index (χ0v) is 14.5. The Labute approximate surface area is 147 Å². The second kappa shape index (κ2) is 8.46. The maximum atomic E-state index is 12.0. The van der Waals surface area contributed by atoms with E-state index >= 15 is 0 Å². The van der Waals surface area contributed by atoms with E-state index in [1.54, 1.807) is 19.1 Å². The molecule has 0 amide bonds. The van der Waals surface area contributed by atoms with E-state index < -0.39 is 17.5 Å². The molecule has 25 heavy (non-hydrogen) atoms. The van der Waals surface area contributed by atoms with Crippen LogP contribution in [0.15, 0.2) is 29.8 Å². The van der Waals surface area contributed by atoms with E-state index in [0.29, 0.717) is 37.9 Å². The molecule has 1 saturated heterocycles. The molecule has 1 aliphatic heterocycles. The molecule has 0 saturated carbocycles. The zero-order valence-electron chi connectivity index (χ0n) is 14.5. The van der Waals surface area contributed by atoms with E-state index in [4.69, 9.17) is 4.74 Å². The number of ketones is 1. The Morgan fingerprint density at radius 2 is 1.84 bits per heavy atom. The Hall–Kier alpha value is -2.63. The monoisotopic (exact) mass is 345 g/mol. The van der Waals surface area contributed by atoms with E-state index in [0.717, 1.165) is 5.69 Å². The minimum atomic E-state index is -1.31. The van der Waals surface area contributed by atoms with Crippen molar-refractivity contribution in [1.29, 1.82) is 0 Å². The highest BCUT2D eigenvalue weighted by Crippen LogP contribution is 2.20. The van der Waals surface area contributed by atoms with Crippen LogP contribution < -0.4 is 4.90 Å².